The fraction of sp³-hybridized carbons (Fsp3) is 0.0556. The molecule has 3 aromatic rings. The summed E-state index contributed by atoms with van der Waals surface area (Å²) < 4.78 is 29.9. The van der Waals surface area contributed by atoms with E-state index in [4.69, 9.17) is 27.6 Å². The van der Waals surface area contributed by atoms with Crippen LogP contribution in [0.1, 0.15) is 11.3 Å². The summed E-state index contributed by atoms with van der Waals surface area (Å²) in [4.78, 5) is 2.28. The Kier molecular flexibility index (Phi) is 5.36. The second kappa shape index (κ2) is 7.53. The van der Waals surface area contributed by atoms with Gasteiger partial charge in [0.25, 0.3) is 10.0 Å². The third-order valence-electron chi connectivity index (χ3n) is 3.52. The molecule has 1 aromatic heterocycles. The first-order valence-electron chi connectivity index (χ1n) is 7.52. The average molecular weight is 409 g/mol. The highest BCUT2D eigenvalue weighted by Crippen LogP contribution is 2.31. The number of hydrogen-bond acceptors (Lipinski definition) is 4. The molecule has 1 N–H and O–H groups in total. The predicted octanol–water partition coefficient (Wildman–Crippen LogP) is 4.87. The van der Waals surface area contributed by atoms with Crippen molar-refractivity contribution in [2.45, 2.75) is 11.8 Å². The summed E-state index contributed by atoms with van der Waals surface area (Å²) in [6.07, 6.45) is 1.28. The standard InChI is InChI=1S/C18H14Cl2N2O3S/c1-12-2-6-15(7-3-12)26(23,24)22-21-11-14-5-9-18(25-14)16-8-4-13(19)10-17(16)20/h2-11,22H,1H3/b21-11-. The summed E-state index contributed by atoms with van der Waals surface area (Å²) in [6.45, 7) is 1.88. The molecule has 134 valence electrons. The van der Waals surface area contributed by atoms with E-state index in [0.29, 0.717) is 27.1 Å². The van der Waals surface area contributed by atoms with E-state index in [1.165, 1.54) is 18.3 Å². The summed E-state index contributed by atoms with van der Waals surface area (Å²) in [5.74, 6) is 0.895. The summed E-state index contributed by atoms with van der Waals surface area (Å²) in [5, 5.41) is 4.72. The smallest absolute Gasteiger partial charge is 0.276 e. The first-order valence-corrected chi connectivity index (χ1v) is 9.76. The number of hydrogen-bond donors (Lipinski definition) is 1. The van der Waals surface area contributed by atoms with E-state index in [0.717, 1.165) is 5.56 Å². The third-order valence-corrected chi connectivity index (χ3v) is 5.31. The van der Waals surface area contributed by atoms with Crippen molar-refractivity contribution >= 4 is 39.4 Å². The Bertz CT molecular complexity index is 1060. The minimum atomic E-state index is -3.73. The number of hydrazone groups is 1. The number of benzene rings is 2. The number of sulfonamides is 1. The molecular formula is C18H14Cl2N2O3S. The maximum absolute atomic E-state index is 12.2. The highest BCUT2D eigenvalue weighted by molar-refractivity contribution is 7.89. The van der Waals surface area contributed by atoms with E-state index < -0.39 is 10.0 Å². The van der Waals surface area contributed by atoms with E-state index in [9.17, 15) is 8.42 Å². The molecule has 0 aliphatic carbocycles. The van der Waals surface area contributed by atoms with Gasteiger partial charge in [0.15, 0.2) is 0 Å². The Morgan fingerprint density at radius 1 is 1.04 bits per heavy atom. The third kappa shape index (κ3) is 4.27. The van der Waals surface area contributed by atoms with Crippen LogP contribution in [0, 0.1) is 6.92 Å². The average Bonchev–Trinajstić information content (AvgIpc) is 3.03. The zero-order valence-corrected chi connectivity index (χ0v) is 15.9. The van der Waals surface area contributed by atoms with Gasteiger partial charge in [-0.25, -0.2) is 0 Å². The topological polar surface area (TPSA) is 71.7 Å². The molecule has 0 fully saturated rings. The minimum absolute atomic E-state index is 0.133. The highest BCUT2D eigenvalue weighted by atomic mass is 35.5. The molecule has 3 rings (SSSR count). The first kappa shape index (κ1) is 18.5. The Morgan fingerprint density at radius 3 is 2.46 bits per heavy atom. The number of nitrogens with one attached hydrogen (secondary N) is 1. The van der Waals surface area contributed by atoms with Crippen LogP contribution in [0.15, 0.2) is 69.0 Å². The first-order chi connectivity index (χ1) is 12.3. The number of furan rings is 1. The van der Waals surface area contributed by atoms with Crippen LogP contribution in [-0.4, -0.2) is 14.6 Å². The van der Waals surface area contributed by atoms with Crippen molar-refractivity contribution in [3.8, 4) is 11.3 Å². The fourth-order valence-electron chi connectivity index (χ4n) is 2.19. The van der Waals surface area contributed by atoms with E-state index in [-0.39, 0.29) is 4.90 Å². The van der Waals surface area contributed by atoms with Crippen molar-refractivity contribution in [2.24, 2.45) is 5.10 Å². The molecule has 1 heterocycles. The lowest BCUT2D eigenvalue weighted by Gasteiger charge is -2.03. The van der Waals surface area contributed by atoms with Crippen LogP contribution in [0.4, 0.5) is 0 Å². The molecule has 0 saturated heterocycles. The molecule has 0 bridgehead atoms. The van der Waals surface area contributed by atoms with Crippen LogP contribution in [0.3, 0.4) is 0 Å². The Balaban J connectivity index is 1.73. The van der Waals surface area contributed by atoms with Crippen molar-refractivity contribution in [3.63, 3.8) is 0 Å². The van der Waals surface area contributed by atoms with Gasteiger partial charge in [-0.3, -0.25) is 0 Å². The molecule has 0 unspecified atom stereocenters. The Labute approximate surface area is 161 Å². The van der Waals surface area contributed by atoms with Crippen molar-refractivity contribution in [3.05, 3.63) is 76.0 Å². The van der Waals surface area contributed by atoms with E-state index in [1.807, 2.05) is 6.92 Å². The molecule has 0 atom stereocenters. The van der Waals surface area contributed by atoms with Crippen LogP contribution in [0.25, 0.3) is 11.3 Å². The van der Waals surface area contributed by atoms with Gasteiger partial charge in [-0.2, -0.15) is 18.4 Å². The Morgan fingerprint density at radius 2 is 1.77 bits per heavy atom. The van der Waals surface area contributed by atoms with Crippen LogP contribution < -0.4 is 4.83 Å². The summed E-state index contributed by atoms with van der Waals surface area (Å²) >= 11 is 12.0. The zero-order valence-electron chi connectivity index (χ0n) is 13.6. The van der Waals surface area contributed by atoms with Crippen molar-refractivity contribution in [2.75, 3.05) is 0 Å². The van der Waals surface area contributed by atoms with Gasteiger partial charge in [-0.05, 0) is 49.4 Å². The number of nitrogens with zero attached hydrogens (tertiary/aromatic N) is 1. The normalized spacial score (nSPS) is 11.8. The molecule has 0 radical (unpaired) electrons. The van der Waals surface area contributed by atoms with E-state index in [1.54, 1.807) is 42.5 Å². The minimum Gasteiger partial charge on any atom is -0.455 e. The van der Waals surface area contributed by atoms with Crippen LogP contribution >= 0.6 is 23.2 Å². The molecular weight excluding hydrogens is 395 g/mol. The van der Waals surface area contributed by atoms with E-state index in [2.05, 4.69) is 9.93 Å². The number of aryl methyl sites for hydroxylation is 1. The van der Waals surface area contributed by atoms with Gasteiger partial charge < -0.3 is 4.42 Å². The van der Waals surface area contributed by atoms with Crippen molar-refractivity contribution in [1.82, 2.24) is 4.83 Å². The lowest BCUT2D eigenvalue weighted by molar-refractivity contribution is 0.573. The number of rotatable bonds is 5. The fourth-order valence-corrected chi connectivity index (χ4v) is 3.48. The monoisotopic (exact) mass is 408 g/mol. The van der Waals surface area contributed by atoms with E-state index >= 15 is 0 Å². The molecule has 26 heavy (non-hydrogen) atoms. The number of halogens is 2. The van der Waals surface area contributed by atoms with Gasteiger partial charge in [0, 0.05) is 10.6 Å². The van der Waals surface area contributed by atoms with Crippen LogP contribution in [-0.2, 0) is 10.0 Å². The van der Waals surface area contributed by atoms with Gasteiger partial charge in [-0.1, -0.05) is 40.9 Å². The van der Waals surface area contributed by atoms with Gasteiger partial charge in [-0.15, -0.1) is 0 Å². The summed E-state index contributed by atoms with van der Waals surface area (Å²) in [7, 11) is -3.73. The summed E-state index contributed by atoms with van der Waals surface area (Å²) in [5.41, 5.74) is 1.65. The second-order valence-electron chi connectivity index (χ2n) is 5.49. The lowest BCUT2D eigenvalue weighted by Crippen LogP contribution is -2.18. The zero-order chi connectivity index (χ0) is 18.7. The maximum Gasteiger partial charge on any atom is 0.276 e. The molecule has 0 amide bonds. The second-order valence-corrected chi connectivity index (χ2v) is 8.00. The highest BCUT2D eigenvalue weighted by Gasteiger charge is 2.12. The van der Waals surface area contributed by atoms with Crippen LogP contribution in [0.2, 0.25) is 10.0 Å². The van der Waals surface area contributed by atoms with Gasteiger partial charge in [0.05, 0.1) is 16.1 Å². The molecule has 5 nitrogen and oxygen atoms in total. The molecule has 2 aromatic carbocycles. The largest absolute Gasteiger partial charge is 0.455 e. The summed E-state index contributed by atoms with van der Waals surface area (Å²) in [6, 6.07) is 14.9. The molecule has 0 saturated carbocycles. The predicted molar refractivity (Wildman–Crippen MR) is 103 cm³/mol. The van der Waals surface area contributed by atoms with Crippen molar-refractivity contribution < 1.29 is 12.8 Å². The van der Waals surface area contributed by atoms with Gasteiger partial charge >= 0.3 is 0 Å². The van der Waals surface area contributed by atoms with Gasteiger partial charge in [0.2, 0.25) is 0 Å². The quantitative estimate of drug-likeness (QED) is 0.483. The molecule has 0 spiro atoms. The molecule has 0 aliphatic rings. The SMILES string of the molecule is Cc1ccc(S(=O)(=O)N/N=C\c2ccc(-c3ccc(Cl)cc3Cl)o2)cc1. The Hall–Kier alpha value is -2.28. The van der Waals surface area contributed by atoms with Crippen molar-refractivity contribution in [1.29, 1.82) is 0 Å². The molecule has 0 aliphatic heterocycles. The molecule has 8 heteroatoms. The van der Waals surface area contributed by atoms with Gasteiger partial charge in [0.1, 0.15) is 11.5 Å². The maximum atomic E-state index is 12.2. The lowest BCUT2D eigenvalue weighted by atomic mass is 10.2. The van der Waals surface area contributed by atoms with Crippen LogP contribution in [0.5, 0.6) is 0 Å².